The highest BCUT2D eigenvalue weighted by molar-refractivity contribution is 6.30. The van der Waals surface area contributed by atoms with Gasteiger partial charge >= 0.3 is 0 Å². The Bertz CT molecular complexity index is 631. The van der Waals surface area contributed by atoms with E-state index in [0.717, 1.165) is 5.56 Å². The van der Waals surface area contributed by atoms with Gasteiger partial charge in [-0.3, -0.25) is 9.89 Å². The van der Waals surface area contributed by atoms with Crippen molar-refractivity contribution in [2.75, 3.05) is 5.32 Å². The van der Waals surface area contributed by atoms with Gasteiger partial charge in [-0.25, -0.2) is 4.98 Å². The molecular formula is C12H10ClN5O. The monoisotopic (exact) mass is 275 g/mol. The van der Waals surface area contributed by atoms with Gasteiger partial charge in [-0.15, -0.1) is 0 Å². The van der Waals surface area contributed by atoms with E-state index in [2.05, 4.69) is 20.5 Å². The maximum Gasteiger partial charge on any atom is 0.225 e. The van der Waals surface area contributed by atoms with Crippen LogP contribution in [0.3, 0.4) is 0 Å². The summed E-state index contributed by atoms with van der Waals surface area (Å²) in [6.07, 6.45) is 3.67. The van der Waals surface area contributed by atoms with Gasteiger partial charge in [0.2, 0.25) is 5.91 Å². The van der Waals surface area contributed by atoms with E-state index in [0.29, 0.717) is 23.0 Å². The molecule has 2 rings (SSSR count). The molecule has 2 heterocycles. The minimum atomic E-state index is -0.222. The number of nitrogens with zero attached hydrogens (tertiary/aromatic N) is 3. The number of aromatic nitrogens is 3. The summed E-state index contributed by atoms with van der Waals surface area (Å²) in [7, 11) is 0. The third-order valence-electron chi connectivity index (χ3n) is 2.48. The average molecular weight is 276 g/mol. The Morgan fingerprint density at radius 1 is 1.58 bits per heavy atom. The van der Waals surface area contributed by atoms with Gasteiger partial charge in [-0.2, -0.15) is 10.4 Å². The lowest BCUT2D eigenvalue weighted by molar-refractivity contribution is -0.116. The highest BCUT2D eigenvalue weighted by atomic mass is 35.5. The number of aromatic amines is 1. The van der Waals surface area contributed by atoms with Crippen molar-refractivity contribution in [1.29, 1.82) is 5.26 Å². The predicted octanol–water partition coefficient (Wildman–Crippen LogP) is 1.90. The zero-order valence-electron chi connectivity index (χ0n) is 9.85. The fourth-order valence-electron chi connectivity index (χ4n) is 1.52. The minimum absolute atomic E-state index is 0.222. The lowest BCUT2D eigenvalue weighted by Crippen LogP contribution is -2.13. The highest BCUT2D eigenvalue weighted by Crippen LogP contribution is 2.14. The van der Waals surface area contributed by atoms with E-state index in [1.807, 2.05) is 12.1 Å². The number of anilines is 1. The van der Waals surface area contributed by atoms with Crippen molar-refractivity contribution < 1.29 is 4.79 Å². The number of amides is 1. The van der Waals surface area contributed by atoms with Crippen molar-refractivity contribution in [1.82, 2.24) is 15.2 Å². The first-order chi connectivity index (χ1) is 9.20. The quantitative estimate of drug-likeness (QED) is 0.833. The van der Waals surface area contributed by atoms with E-state index in [-0.39, 0.29) is 12.3 Å². The number of H-pyrrole nitrogens is 1. The molecule has 2 aromatic rings. The van der Waals surface area contributed by atoms with Crippen molar-refractivity contribution in [2.24, 2.45) is 0 Å². The summed E-state index contributed by atoms with van der Waals surface area (Å²) in [5, 5.41) is 18.0. The minimum Gasteiger partial charge on any atom is -0.310 e. The Morgan fingerprint density at radius 3 is 3.16 bits per heavy atom. The Morgan fingerprint density at radius 2 is 2.42 bits per heavy atom. The molecule has 0 aliphatic carbocycles. The van der Waals surface area contributed by atoms with E-state index < -0.39 is 0 Å². The van der Waals surface area contributed by atoms with Crippen LogP contribution in [0.15, 0.2) is 24.5 Å². The largest absolute Gasteiger partial charge is 0.310 e. The van der Waals surface area contributed by atoms with Gasteiger partial charge in [0.1, 0.15) is 22.6 Å². The second kappa shape index (κ2) is 5.98. The molecule has 0 aliphatic rings. The SMILES string of the molecule is N#Cc1cn[nH]c1NC(=O)CCc1cccnc1Cl. The number of hydrogen-bond donors (Lipinski definition) is 2. The van der Waals surface area contributed by atoms with Gasteiger partial charge in [-0.1, -0.05) is 17.7 Å². The molecule has 0 saturated heterocycles. The third-order valence-corrected chi connectivity index (χ3v) is 2.82. The number of carbonyl (C=O) groups is 1. The first kappa shape index (κ1) is 13.1. The zero-order chi connectivity index (χ0) is 13.7. The Labute approximate surface area is 114 Å². The lowest BCUT2D eigenvalue weighted by Gasteiger charge is -2.04. The van der Waals surface area contributed by atoms with Crippen LogP contribution in [0.25, 0.3) is 0 Å². The van der Waals surface area contributed by atoms with Gasteiger partial charge in [0, 0.05) is 12.6 Å². The van der Waals surface area contributed by atoms with Crippen LogP contribution in [0, 0.1) is 11.3 Å². The van der Waals surface area contributed by atoms with Gasteiger partial charge in [0.25, 0.3) is 0 Å². The van der Waals surface area contributed by atoms with Crippen LogP contribution in [0.1, 0.15) is 17.5 Å². The number of nitriles is 1. The summed E-state index contributed by atoms with van der Waals surface area (Å²) in [5.41, 5.74) is 1.11. The Kier molecular flexibility index (Phi) is 4.11. The van der Waals surface area contributed by atoms with E-state index in [4.69, 9.17) is 16.9 Å². The molecule has 2 N–H and O–H groups in total. The molecule has 1 amide bonds. The van der Waals surface area contributed by atoms with Crippen molar-refractivity contribution >= 4 is 23.3 Å². The van der Waals surface area contributed by atoms with E-state index in [1.165, 1.54) is 6.20 Å². The van der Waals surface area contributed by atoms with Crippen LogP contribution in [-0.2, 0) is 11.2 Å². The standard InChI is InChI=1S/C12H10ClN5O/c13-11-8(2-1-5-15-11)3-4-10(19)17-12-9(6-14)7-16-18-12/h1-2,5,7H,3-4H2,(H2,16,17,18,19). The molecule has 0 saturated carbocycles. The van der Waals surface area contributed by atoms with Crippen molar-refractivity contribution in [3.63, 3.8) is 0 Å². The molecule has 96 valence electrons. The molecule has 0 fully saturated rings. The Balaban J connectivity index is 1.93. The first-order valence-electron chi connectivity index (χ1n) is 5.53. The summed E-state index contributed by atoms with van der Waals surface area (Å²) in [5.74, 6) is 0.0884. The smallest absolute Gasteiger partial charge is 0.225 e. The van der Waals surface area contributed by atoms with Crippen LogP contribution in [0.2, 0.25) is 5.15 Å². The molecule has 0 aromatic carbocycles. The fraction of sp³-hybridized carbons (Fsp3) is 0.167. The average Bonchev–Trinajstić information content (AvgIpc) is 2.85. The molecule has 7 heteroatoms. The Hall–Kier alpha value is -2.39. The van der Waals surface area contributed by atoms with E-state index >= 15 is 0 Å². The molecule has 0 unspecified atom stereocenters. The van der Waals surface area contributed by atoms with Gasteiger partial charge in [-0.05, 0) is 18.1 Å². The summed E-state index contributed by atoms with van der Waals surface area (Å²) >= 11 is 5.90. The fourth-order valence-corrected chi connectivity index (χ4v) is 1.74. The second-order valence-corrected chi connectivity index (χ2v) is 4.13. The van der Waals surface area contributed by atoms with Crippen LogP contribution < -0.4 is 5.32 Å². The molecule has 0 bridgehead atoms. The van der Waals surface area contributed by atoms with Gasteiger partial charge < -0.3 is 5.32 Å². The molecule has 0 aliphatic heterocycles. The van der Waals surface area contributed by atoms with Gasteiger partial charge in [0.15, 0.2) is 0 Å². The number of pyridine rings is 1. The first-order valence-corrected chi connectivity index (χ1v) is 5.91. The predicted molar refractivity (Wildman–Crippen MR) is 69.5 cm³/mol. The van der Waals surface area contributed by atoms with Crippen LogP contribution in [-0.4, -0.2) is 21.1 Å². The number of hydrogen-bond acceptors (Lipinski definition) is 4. The molecule has 2 aromatic heterocycles. The molecule has 0 atom stereocenters. The summed E-state index contributed by atoms with van der Waals surface area (Å²) in [6.45, 7) is 0. The topological polar surface area (TPSA) is 94.5 Å². The maximum atomic E-state index is 11.7. The lowest BCUT2D eigenvalue weighted by atomic mass is 10.1. The number of rotatable bonds is 4. The third kappa shape index (κ3) is 3.30. The van der Waals surface area contributed by atoms with Crippen LogP contribution >= 0.6 is 11.6 Å². The van der Waals surface area contributed by atoms with Gasteiger partial charge in [0.05, 0.1) is 6.20 Å². The number of carbonyl (C=O) groups excluding carboxylic acids is 1. The molecule has 0 radical (unpaired) electrons. The van der Waals surface area contributed by atoms with Crippen molar-refractivity contribution in [3.8, 4) is 6.07 Å². The number of halogens is 1. The zero-order valence-corrected chi connectivity index (χ0v) is 10.6. The van der Waals surface area contributed by atoms with E-state index in [1.54, 1.807) is 12.3 Å². The molecule has 0 spiro atoms. The maximum absolute atomic E-state index is 11.7. The van der Waals surface area contributed by atoms with Crippen LogP contribution in [0.5, 0.6) is 0 Å². The number of nitrogens with one attached hydrogen (secondary N) is 2. The summed E-state index contributed by atoms with van der Waals surface area (Å²) < 4.78 is 0. The molecular weight excluding hydrogens is 266 g/mol. The van der Waals surface area contributed by atoms with E-state index in [9.17, 15) is 4.79 Å². The summed E-state index contributed by atoms with van der Waals surface area (Å²) in [4.78, 5) is 15.7. The van der Waals surface area contributed by atoms with Crippen LogP contribution in [0.4, 0.5) is 5.82 Å². The van der Waals surface area contributed by atoms with Crippen molar-refractivity contribution in [2.45, 2.75) is 12.8 Å². The normalized spacial score (nSPS) is 9.89. The summed E-state index contributed by atoms with van der Waals surface area (Å²) in [6, 6.07) is 5.51. The number of aryl methyl sites for hydroxylation is 1. The second-order valence-electron chi connectivity index (χ2n) is 3.77. The molecule has 19 heavy (non-hydrogen) atoms. The van der Waals surface area contributed by atoms with Crippen molar-refractivity contribution in [3.05, 3.63) is 40.8 Å². The molecule has 6 nitrogen and oxygen atoms in total. The highest BCUT2D eigenvalue weighted by Gasteiger charge is 2.09.